The van der Waals surface area contributed by atoms with Crippen molar-refractivity contribution in [2.75, 3.05) is 12.8 Å². The van der Waals surface area contributed by atoms with E-state index in [-0.39, 0.29) is 0 Å². The van der Waals surface area contributed by atoms with E-state index in [1.54, 1.807) is 0 Å². The van der Waals surface area contributed by atoms with Gasteiger partial charge in [0.25, 0.3) is 0 Å². The molecule has 0 aromatic rings. The molecule has 68 valence electrons. The summed E-state index contributed by atoms with van der Waals surface area (Å²) in [6.07, 6.45) is 10.3. The molecule has 0 rings (SSSR count). The van der Waals surface area contributed by atoms with Crippen LogP contribution in [0.1, 0.15) is 45.4 Å². The van der Waals surface area contributed by atoms with Crippen molar-refractivity contribution in [3.05, 3.63) is 0 Å². The lowest BCUT2D eigenvalue weighted by Crippen LogP contribution is -1.79. The molecule has 0 aliphatic heterocycles. The minimum Gasteiger partial charge on any atom is -0.0654 e. The van der Waals surface area contributed by atoms with Crippen LogP contribution < -0.4 is 0 Å². The predicted octanol–water partition coefficient (Wildman–Crippen LogP) is 3.98. The average molecular weight is 193 g/mol. The van der Waals surface area contributed by atoms with Gasteiger partial charge >= 0.3 is 0 Å². The highest BCUT2D eigenvalue weighted by molar-refractivity contribution is 8.11. The largest absolute Gasteiger partial charge is 0.0654 e. The summed E-state index contributed by atoms with van der Waals surface area (Å²) < 4.78 is 0. The van der Waals surface area contributed by atoms with Gasteiger partial charge in [0.05, 0.1) is 0 Å². The molecule has 0 aliphatic rings. The lowest BCUT2D eigenvalue weighted by atomic mass is 10.1. The zero-order chi connectivity index (χ0) is 8.36. The molecule has 0 aromatic heterocycles. The van der Waals surface area contributed by atoms with Crippen molar-refractivity contribution >= 4 is 16.5 Å². The van der Waals surface area contributed by atoms with Crippen LogP contribution >= 0.6 is 16.5 Å². The van der Waals surface area contributed by atoms with Gasteiger partial charge in [-0.3, -0.25) is 0 Å². The highest BCUT2D eigenvalue weighted by atomic mass is 32.0. The second-order valence-electron chi connectivity index (χ2n) is 3.01. The summed E-state index contributed by atoms with van der Waals surface area (Å²) in [5, 5.41) is 0. The summed E-state index contributed by atoms with van der Waals surface area (Å²) in [6, 6.07) is 0. The van der Waals surface area contributed by atoms with E-state index in [9.17, 15) is 0 Å². The Bertz CT molecular complexity index is 56.6. The average Bonchev–Trinajstić information content (AvgIpc) is 2.03. The summed E-state index contributed by atoms with van der Waals surface area (Å²) in [6.45, 7) is 4.65. The zero-order valence-electron chi connectivity index (χ0n) is 8.03. The topological polar surface area (TPSA) is 0 Å². The molecule has 0 saturated carbocycles. The van der Waals surface area contributed by atoms with Crippen molar-refractivity contribution in [2.45, 2.75) is 45.4 Å². The molecule has 2 heteroatoms. The molecule has 2 atom stereocenters. The van der Waals surface area contributed by atoms with Gasteiger partial charge in [0.2, 0.25) is 0 Å². The summed E-state index contributed by atoms with van der Waals surface area (Å²) in [5.74, 6) is 0. The maximum Gasteiger partial charge on any atom is 0.0464 e. The van der Waals surface area contributed by atoms with E-state index in [1.807, 2.05) is 0 Å². The summed E-state index contributed by atoms with van der Waals surface area (Å²) in [4.78, 5) is 0. The first-order valence-electron chi connectivity index (χ1n) is 4.93. The minimum atomic E-state index is 0.798. The lowest BCUT2D eigenvalue weighted by molar-refractivity contribution is 0.627. The Kier molecular flexibility index (Phi) is 11.7. The molecule has 0 fully saturated rings. The Morgan fingerprint density at radius 1 is 1.00 bits per heavy atom. The van der Waals surface area contributed by atoms with Gasteiger partial charge in [0, 0.05) is 14.9 Å². The van der Waals surface area contributed by atoms with E-state index < -0.39 is 0 Å². The third-order valence-electron chi connectivity index (χ3n) is 1.88. The quantitative estimate of drug-likeness (QED) is 0.404. The smallest absolute Gasteiger partial charge is 0.0464 e. The number of hydrogen-bond donors (Lipinski definition) is 0. The second kappa shape index (κ2) is 10.9. The maximum absolute atomic E-state index is 2.37. The fraction of sp³-hybridized carbons (Fsp3) is 1.00. The Labute approximate surface area is 75.4 Å². The Morgan fingerprint density at radius 2 is 1.64 bits per heavy atom. The SMILES string of the molecule is CCCCCCCCP[PH2+]C. The van der Waals surface area contributed by atoms with Gasteiger partial charge in [0.1, 0.15) is 0 Å². The fourth-order valence-corrected chi connectivity index (χ4v) is 3.37. The van der Waals surface area contributed by atoms with Crippen LogP contribution in [0.2, 0.25) is 0 Å². The van der Waals surface area contributed by atoms with Crippen molar-refractivity contribution in [3.8, 4) is 0 Å². The van der Waals surface area contributed by atoms with Crippen molar-refractivity contribution in [2.24, 2.45) is 0 Å². The van der Waals surface area contributed by atoms with Crippen LogP contribution in [0.3, 0.4) is 0 Å². The number of unbranched alkanes of at least 4 members (excludes halogenated alkanes) is 5. The molecule has 0 aliphatic carbocycles. The first-order chi connectivity index (χ1) is 5.41. The predicted molar refractivity (Wildman–Crippen MR) is 62.2 cm³/mol. The summed E-state index contributed by atoms with van der Waals surface area (Å²) in [5.41, 5.74) is 0. The Balaban J connectivity index is 2.69. The van der Waals surface area contributed by atoms with Gasteiger partial charge < -0.3 is 0 Å². The molecule has 2 unspecified atom stereocenters. The third kappa shape index (κ3) is 10.9. The van der Waals surface area contributed by atoms with Crippen LogP contribution in [-0.4, -0.2) is 12.8 Å². The molecule has 0 bridgehead atoms. The van der Waals surface area contributed by atoms with Gasteiger partial charge in [-0.2, -0.15) is 0 Å². The molecule has 0 radical (unpaired) electrons. The van der Waals surface area contributed by atoms with E-state index in [0.717, 1.165) is 8.27 Å². The monoisotopic (exact) mass is 193 g/mol. The van der Waals surface area contributed by atoms with Crippen molar-refractivity contribution in [1.82, 2.24) is 0 Å². The standard InChI is InChI=1S/C9H22P2/c1-3-4-5-6-7-8-9-11-10-2/h10-11H,3-9H2,1-2H3/p+1. The highest BCUT2D eigenvalue weighted by Gasteiger charge is 1.91. The van der Waals surface area contributed by atoms with E-state index in [4.69, 9.17) is 0 Å². The molecular weight excluding hydrogens is 170 g/mol. The molecule has 0 saturated heterocycles. The second-order valence-corrected chi connectivity index (χ2v) is 7.45. The fourth-order valence-electron chi connectivity index (χ4n) is 1.15. The molecule has 0 nitrogen and oxygen atoms in total. The van der Waals surface area contributed by atoms with Gasteiger partial charge in [-0.25, -0.2) is 0 Å². The Hall–Kier alpha value is 0.860. The van der Waals surface area contributed by atoms with Crippen LogP contribution in [0, 0.1) is 0 Å². The highest BCUT2D eigenvalue weighted by Crippen LogP contribution is 2.33. The molecule has 0 spiro atoms. The molecular formula is C9H23P2+. The normalized spacial score (nSPS) is 12.5. The molecule has 0 N–H and O–H groups in total. The third-order valence-corrected chi connectivity index (χ3v) is 5.02. The minimum absolute atomic E-state index is 0.798. The number of rotatable bonds is 8. The molecule has 11 heavy (non-hydrogen) atoms. The van der Waals surface area contributed by atoms with Crippen molar-refractivity contribution in [1.29, 1.82) is 0 Å². The lowest BCUT2D eigenvalue weighted by Gasteiger charge is -1.97. The van der Waals surface area contributed by atoms with E-state index in [2.05, 4.69) is 13.6 Å². The van der Waals surface area contributed by atoms with Crippen molar-refractivity contribution in [3.63, 3.8) is 0 Å². The first-order valence-corrected chi connectivity index (χ1v) is 9.10. The van der Waals surface area contributed by atoms with Gasteiger partial charge in [-0.15, -0.1) is 0 Å². The van der Waals surface area contributed by atoms with E-state index in [0.29, 0.717) is 0 Å². The Morgan fingerprint density at radius 3 is 2.27 bits per heavy atom. The van der Waals surface area contributed by atoms with Crippen LogP contribution in [0.25, 0.3) is 0 Å². The van der Waals surface area contributed by atoms with Crippen LogP contribution in [0.5, 0.6) is 0 Å². The zero-order valence-corrected chi connectivity index (χ0v) is 10.2. The van der Waals surface area contributed by atoms with Crippen LogP contribution in [0.15, 0.2) is 0 Å². The molecule has 0 heterocycles. The van der Waals surface area contributed by atoms with Gasteiger partial charge in [-0.05, 0) is 20.9 Å². The number of hydrogen-bond acceptors (Lipinski definition) is 0. The van der Waals surface area contributed by atoms with Crippen molar-refractivity contribution < 1.29 is 0 Å². The van der Waals surface area contributed by atoms with E-state index >= 15 is 0 Å². The van der Waals surface area contributed by atoms with Crippen LogP contribution in [0.4, 0.5) is 0 Å². The molecule has 0 amide bonds. The maximum atomic E-state index is 2.37. The van der Waals surface area contributed by atoms with Gasteiger partial charge in [-0.1, -0.05) is 39.0 Å². The molecule has 0 aromatic carbocycles. The summed E-state index contributed by atoms with van der Waals surface area (Å²) in [7, 11) is 2.11. The summed E-state index contributed by atoms with van der Waals surface area (Å²) >= 11 is 0. The van der Waals surface area contributed by atoms with Gasteiger partial charge in [0.15, 0.2) is 0 Å². The van der Waals surface area contributed by atoms with Crippen LogP contribution in [-0.2, 0) is 0 Å². The first kappa shape index (κ1) is 11.9. The van der Waals surface area contributed by atoms with E-state index in [1.165, 1.54) is 53.0 Å².